The van der Waals surface area contributed by atoms with E-state index in [9.17, 15) is 9.59 Å². The van der Waals surface area contributed by atoms with Crippen LogP contribution in [0.1, 0.15) is 26.2 Å². The van der Waals surface area contributed by atoms with Gasteiger partial charge < -0.3 is 15.4 Å². The highest BCUT2D eigenvalue weighted by Gasteiger charge is 2.16. The summed E-state index contributed by atoms with van der Waals surface area (Å²) < 4.78 is 4.79. The van der Waals surface area contributed by atoms with Gasteiger partial charge in [-0.3, -0.25) is 9.59 Å². The first-order valence-electron chi connectivity index (χ1n) is 6.08. The fourth-order valence-electron chi connectivity index (χ4n) is 1.35. The molecule has 0 saturated heterocycles. The zero-order valence-corrected chi connectivity index (χ0v) is 11.0. The van der Waals surface area contributed by atoms with E-state index in [2.05, 4.69) is 10.6 Å². The van der Waals surface area contributed by atoms with Crippen LogP contribution >= 0.6 is 0 Å². The van der Waals surface area contributed by atoms with Crippen molar-refractivity contribution in [1.82, 2.24) is 10.6 Å². The molecule has 0 bridgehead atoms. The molecule has 0 aromatic carbocycles. The third-order valence-corrected chi connectivity index (χ3v) is 2.33. The molecule has 1 atom stereocenters. The first-order chi connectivity index (χ1) is 8.65. The van der Waals surface area contributed by atoms with E-state index in [0.717, 1.165) is 6.42 Å². The third-order valence-electron chi connectivity index (χ3n) is 2.33. The number of nitriles is 1. The number of ether oxygens (including phenoxy) is 1. The Morgan fingerprint density at radius 3 is 2.61 bits per heavy atom. The molecule has 6 heteroatoms. The number of carbonyl (C=O) groups excluding carboxylic acids is 2. The molecule has 0 saturated carbocycles. The molecule has 6 nitrogen and oxygen atoms in total. The second kappa shape index (κ2) is 10.5. The number of carbonyl (C=O) groups is 2. The molecular weight excluding hydrogens is 234 g/mol. The van der Waals surface area contributed by atoms with Crippen molar-refractivity contribution in [2.75, 3.05) is 26.8 Å². The normalized spacial score (nSPS) is 11.4. The van der Waals surface area contributed by atoms with Gasteiger partial charge in [-0.15, -0.1) is 0 Å². The van der Waals surface area contributed by atoms with Gasteiger partial charge in [-0.05, 0) is 6.42 Å². The van der Waals surface area contributed by atoms with Crippen LogP contribution in [0, 0.1) is 17.2 Å². The fourth-order valence-corrected chi connectivity index (χ4v) is 1.35. The minimum absolute atomic E-state index is 0.142. The molecule has 102 valence electrons. The quantitative estimate of drug-likeness (QED) is 0.576. The number of hydrogen-bond acceptors (Lipinski definition) is 4. The molecule has 2 amide bonds. The van der Waals surface area contributed by atoms with Crippen LogP contribution in [0.25, 0.3) is 0 Å². The molecule has 2 N–H and O–H groups in total. The lowest BCUT2D eigenvalue weighted by Gasteiger charge is -2.09. The highest BCUT2D eigenvalue weighted by molar-refractivity contribution is 5.82. The van der Waals surface area contributed by atoms with Crippen molar-refractivity contribution in [2.24, 2.45) is 5.92 Å². The van der Waals surface area contributed by atoms with E-state index in [0.29, 0.717) is 19.6 Å². The number of methoxy groups -OCH3 is 1. The molecule has 0 radical (unpaired) electrons. The monoisotopic (exact) mass is 255 g/mol. The van der Waals surface area contributed by atoms with E-state index in [1.54, 1.807) is 7.11 Å². The zero-order valence-electron chi connectivity index (χ0n) is 11.0. The van der Waals surface area contributed by atoms with Crippen molar-refractivity contribution in [1.29, 1.82) is 5.26 Å². The summed E-state index contributed by atoms with van der Waals surface area (Å²) in [5, 5.41) is 14.0. The lowest BCUT2D eigenvalue weighted by Crippen LogP contribution is -2.34. The van der Waals surface area contributed by atoms with E-state index in [4.69, 9.17) is 10.00 Å². The van der Waals surface area contributed by atoms with Crippen LogP contribution in [0.4, 0.5) is 0 Å². The minimum Gasteiger partial charge on any atom is -0.383 e. The molecule has 0 spiro atoms. The van der Waals surface area contributed by atoms with Gasteiger partial charge in [-0.1, -0.05) is 13.3 Å². The average Bonchev–Trinajstić information content (AvgIpc) is 2.36. The predicted molar refractivity (Wildman–Crippen MR) is 66.5 cm³/mol. The van der Waals surface area contributed by atoms with Gasteiger partial charge in [0, 0.05) is 26.6 Å². The van der Waals surface area contributed by atoms with E-state index in [-0.39, 0.29) is 24.8 Å². The lowest BCUT2D eigenvalue weighted by molar-refractivity contribution is -0.124. The van der Waals surface area contributed by atoms with Crippen molar-refractivity contribution in [2.45, 2.75) is 26.2 Å². The first kappa shape index (κ1) is 16.4. The van der Waals surface area contributed by atoms with Gasteiger partial charge in [0.15, 0.2) is 0 Å². The summed E-state index contributed by atoms with van der Waals surface area (Å²) in [7, 11) is 1.56. The Labute approximate surface area is 108 Å². The van der Waals surface area contributed by atoms with Crippen LogP contribution in [0.5, 0.6) is 0 Å². The molecule has 0 fully saturated rings. The second-order valence-electron chi connectivity index (χ2n) is 3.85. The maximum atomic E-state index is 11.5. The van der Waals surface area contributed by atoms with Gasteiger partial charge in [-0.25, -0.2) is 0 Å². The number of rotatable bonds is 9. The van der Waals surface area contributed by atoms with Crippen LogP contribution in [-0.4, -0.2) is 38.6 Å². The lowest BCUT2D eigenvalue weighted by atomic mass is 10.1. The molecule has 0 aliphatic rings. The van der Waals surface area contributed by atoms with Crippen LogP contribution in [0.2, 0.25) is 0 Å². The Morgan fingerprint density at radius 2 is 2.06 bits per heavy atom. The van der Waals surface area contributed by atoms with Gasteiger partial charge in [0.1, 0.15) is 5.92 Å². The Balaban J connectivity index is 3.73. The summed E-state index contributed by atoms with van der Waals surface area (Å²) in [5.41, 5.74) is 0. The van der Waals surface area contributed by atoms with E-state index >= 15 is 0 Å². The smallest absolute Gasteiger partial charge is 0.237 e. The van der Waals surface area contributed by atoms with Gasteiger partial charge >= 0.3 is 0 Å². The molecule has 1 unspecified atom stereocenters. The maximum absolute atomic E-state index is 11.5. The molecule has 0 aromatic rings. The SMILES string of the molecule is CCCC(C#N)C(=O)NCCC(=O)NCCOC. The second-order valence-corrected chi connectivity index (χ2v) is 3.85. The Kier molecular flexibility index (Phi) is 9.60. The standard InChI is InChI=1S/C12H21N3O3/c1-3-4-10(9-13)12(17)15-6-5-11(16)14-7-8-18-2/h10H,3-8H2,1-2H3,(H,14,16)(H,15,17). The topological polar surface area (TPSA) is 91.2 Å². The van der Waals surface area contributed by atoms with Gasteiger partial charge in [0.2, 0.25) is 11.8 Å². The molecule has 0 aromatic heterocycles. The van der Waals surface area contributed by atoms with Crippen LogP contribution < -0.4 is 10.6 Å². The van der Waals surface area contributed by atoms with Gasteiger partial charge in [0.05, 0.1) is 12.7 Å². The number of nitrogens with zero attached hydrogens (tertiary/aromatic N) is 1. The summed E-state index contributed by atoms with van der Waals surface area (Å²) in [6.07, 6.45) is 1.53. The molecule has 0 heterocycles. The van der Waals surface area contributed by atoms with Crippen molar-refractivity contribution >= 4 is 11.8 Å². The predicted octanol–water partition coefficient (Wildman–Crippen LogP) is 0.195. The van der Waals surface area contributed by atoms with E-state index < -0.39 is 5.92 Å². The Hall–Kier alpha value is -1.61. The van der Waals surface area contributed by atoms with E-state index in [1.807, 2.05) is 13.0 Å². The highest BCUT2D eigenvalue weighted by atomic mass is 16.5. The van der Waals surface area contributed by atoms with Gasteiger partial charge in [0.25, 0.3) is 0 Å². The van der Waals surface area contributed by atoms with E-state index in [1.165, 1.54) is 0 Å². The third kappa shape index (κ3) is 7.63. The molecule has 0 rings (SSSR count). The summed E-state index contributed by atoms with van der Waals surface area (Å²) in [5.74, 6) is -1.06. The molecular formula is C12H21N3O3. The fraction of sp³-hybridized carbons (Fsp3) is 0.750. The highest BCUT2D eigenvalue weighted by Crippen LogP contribution is 2.04. The van der Waals surface area contributed by atoms with Crippen LogP contribution in [0.3, 0.4) is 0 Å². The number of amides is 2. The molecule has 18 heavy (non-hydrogen) atoms. The van der Waals surface area contributed by atoms with Crippen LogP contribution in [-0.2, 0) is 14.3 Å². The largest absolute Gasteiger partial charge is 0.383 e. The summed E-state index contributed by atoms with van der Waals surface area (Å²) in [4.78, 5) is 22.8. The average molecular weight is 255 g/mol. The van der Waals surface area contributed by atoms with Crippen LogP contribution in [0.15, 0.2) is 0 Å². The minimum atomic E-state index is -0.619. The van der Waals surface area contributed by atoms with Gasteiger partial charge in [-0.2, -0.15) is 5.26 Å². The zero-order chi connectivity index (χ0) is 13.8. The van der Waals surface area contributed by atoms with Crippen molar-refractivity contribution < 1.29 is 14.3 Å². The molecule has 0 aliphatic carbocycles. The maximum Gasteiger partial charge on any atom is 0.237 e. The molecule has 0 aliphatic heterocycles. The summed E-state index contributed by atoms with van der Waals surface area (Å²) in [6, 6.07) is 1.95. The van der Waals surface area contributed by atoms with Crippen molar-refractivity contribution in [3.8, 4) is 6.07 Å². The Morgan fingerprint density at radius 1 is 1.33 bits per heavy atom. The van der Waals surface area contributed by atoms with Crippen molar-refractivity contribution in [3.63, 3.8) is 0 Å². The van der Waals surface area contributed by atoms with Crippen molar-refractivity contribution in [3.05, 3.63) is 0 Å². The summed E-state index contributed by atoms with van der Waals surface area (Å²) in [6.45, 7) is 3.09. The Bertz CT molecular complexity index is 299. The first-order valence-corrected chi connectivity index (χ1v) is 6.08. The summed E-state index contributed by atoms with van der Waals surface area (Å²) >= 11 is 0. The number of hydrogen-bond donors (Lipinski definition) is 2. The number of nitrogens with one attached hydrogen (secondary N) is 2.